The summed E-state index contributed by atoms with van der Waals surface area (Å²) in [6, 6.07) is 6.03. The molecule has 1 unspecified atom stereocenters. The third kappa shape index (κ3) is 2.91. The van der Waals surface area contributed by atoms with E-state index in [4.69, 9.17) is 15.9 Å². The van der Waals surface area contributed by atoms with E-state index >= 15 is 0 Å². The van der Waals surface area contributed by atoms with Gasteiger partial charge in [0.25, 0.3) is 0 Å². The normalized spacial score (nSPS) is 11.6. The molecule has 1 rings (SSSR count). The lowest BCUT2D eigenvalue weighted by molar-refractivity contribution is 0.354. The van der Waals surface area contributed by atoms with Crippen molar-refractivity contribution in [2.75, 3.05) is 20.8 Å². The summed E-state index contributed by atoms with van der Waals surface area (Å²) in [6.45, 7) is 2.61. The number of nitrogens with one attached hydrogen (secondary N) is 1. The molecule has 0 saturated carbocycles. The quantitative estimate of drug-likeness (QED) is 0.768. The molecule has 0 aliphatic carbocycles. The van der Waals surface area contributed by atoms with Crippen molar-refractivity contribution >= 4 is 0 Å². The molecule has 1 atom stereocenters. The first-order valence-corrected chi connectivity index (χ1v) is 5.11. The van der Waals surface area contributed by atoms with Crippen LogP contribution in [0.2, 0.25) is 0 Å². The smallest absolute Gasteiger partial charge is 0.161 e. The summed E-state index contributed by atoms with van der Waals surface area (Å²) in [5, 5.41) is 3.20. The minimum absolute atomic E-state index is 0.191. The van der Waals surface area contributed by atoms with Gasteiger partial charge < -0.3 is 9.47 Å². The molecule has 0 aromatic heterocycles. The third-order valence-corrected chi connectivity index (χ3v) is 2.42. The Labute approximate surface area is 96.8 Å². The second-order valence-electron chi connectivity index (χ2n) is 3.42. The van der Waals surface area contributed by atoms with Crippen molar-refractivity contribution in [2.24, 2.45) is 0 Å². The van der Waals surface area contributed by atoms with E-state index in [0.717, 1.165) is 17.1 Å². The van der Waals surface area contributed by atoms with E-state index < -0.39 is 0 Å². The number of rotatable bonds is 5. The summed E-state index contributed by atoms with van der Waals surface area (Å²) in [7, 11) is 3.25. The number of benzene rings is 1. The van der Waals surface area contributed by atoms with Gasteiger partial charge in [-0.1, -0.05) is 12.0 Å². The van der Waals surface area contributed by atoms with Crippen LogP contribution in [0.25, 0.3) is 0 Å². The van der Waals surface area contributed by atoms with E-state index in [2.05, 4.69) is 18.2 Å². The molecule has 3 nitrogen and oxygen atoms in total. The largest absolute Gasteiger partial charge is 0.493 e. The highest BCUT2D eigenvalue weighted by molar-refractivity contribution is 5.43. The van der Waals surface area contributed by atoms with Gasteiger partial charge in [-0.15, -0.1) is 6.42 Å². The first-order valence-electron chi connectivity index (χ1n) is 5.11. The topological polar surface area (TPSA) is 30.5 Å². The highest BCUT2D eigenvalue weighted by atomic mass is 16.5. The van der Waals surface area contributed by atoms with Crippen LogP contribution in [0.3, 0.4) is 0 Å². The van der Waals surface area contributed by atoms with E-state index in [1.54, 1.807) is 14.2 Å². The van der Waals surface area contributed by atoms with Gasteiger partial charge >= 0.3 is 0 Å². The molecule has 16 heavy (non-hydrogen) atoms. The Morgan fingerprint density at radius 3 is 2.56 bits per heavy atom. The Bertz CT molecular complexity index is 382. The van der Waals surface area contributed by atoms with Crippen molar-refractivity contribution in [3.63, 3.8) is 0 Å². The third-order valence-electron chi connectivity index (χ3n) is 2.42. The molecule has 0 radical (unpaired) electrons. The fourth-order valence-electron chi connectivity index (χ4n) is 1.45. The second kappa shape index (κ2) is 6.04. The first kappa shape index (κ1) is 12.4. The summed E-state index contributed by atoms with van der Waals surface area (Å²) < 4.78 is 10.4. The maximum atomic E-state index is 5.24. The molecule has 1 aromatic rings. The number of hydrogen-bond acceptors (Lipinski definition) is 3. The Morgan fingerprint density at radius 1 is 1.31 bits per heavy atom. The highest BCUT2D eigenvalue weighted by Crippen LogP contribution is 2.29. The average molecular weight is 219 g/mol. The second-order valence-corrected chi connectivity index (χ2v) is 3.42. The molecule has 0 saturated heterocycles. The standard InChI is InChI=1S/C13H17NO2/c1-5-8-14-10(2)11-6-7-12(15-3)13(9-11)16-4/h1,6-7,9-10,14H,8H2,2-4H3. The van der Waals surface area contributed by atoms with Gasteiger partial charge in [0, 0.05) is 6.04 Å². The lowest BCUT2D eigenvalue weighted by atomic mass is 10.1. The van der Waals surface area contributed by atoms with E-state index in [1.165, 1.54) is 0 Å². The van der Waals surface area contributed by atoms with Gasteiger partial charge in [-0.3, -0.25) is 5.32 Å². The van der Waals surface area contributed by atoms with Crippen molar-refractivity contribution < 1.29 is 9.47 Å². The Hall–Kier alpha value is -1.66. The van der Waals surface area contributed by atoms with Gasteiger partial charge in [-0.05, 0) is 24.6 Å². The number of methoxy groups -OCH3 is 2. The van der Waals surface area contributed by atoms with Gasteiger partial charge in [0.2, 0.25) is 0 Å². The lowest BCUT2D eigenvalue weighted by Crippen LogP contribution is -2.18. The number of terminal acetylenes is 1. The van der Waals surface area contributed by atoms with Gasteiger partial charge in [-0.25, -0.2) is 0 Å². The van der Waals surface area contributed by atoms with Crippen LogP contribution in [0.1, 0.15) is 18.5 Å². The fourth-order valence-corrected chi connectivity index (χ4v) is 1.45. The van der Waals surface area contributed by atoms with Crippen molar-refractivity contribution in [1.82, 2.24) is 5.32 Å². The van der Waals surface area contributed by atoms with Gasteiger partial charge in [0.05, 0.1) is 20.8 Å². The van der Waals surface area contributed by atoms with E-state index in [9.17, 15) is 0 Å². The van der Waals surface area contributed by atoms with Crippen LogP contribution in [0.15, 0.2) is 18.2 Å². The predicted octanol–water partition coefficient (Wildman–Crippen LogP) is 1.99. The van der Waals surface area contributed by atoms with Crippen molar-refractivity contribution in [2.45, 2.75) is 13.0 Å². The minimum atomic E-state index is 0.191. The number of ether oxygens (including phenoxy) is 2. The Balaban J connectivity index is 2.86. The van der Waals surface area contributed by atoms with Crippen LogP contribution in [-0.2, 0) is 0 Å². The Morgan fingerprint density at radius 2 is 2.00 bits per heavy atom. The van der Waals surface area contributed by atoms with Crippen LogP contribution in [0.4, 0.5) is 0 Å². The fraction of sp³-hybridized carbons (Fsp3) is 0.385. The molecule has 0 aliphatic heterocycles. The van der Waals surface area contributed by atoms with Gasteiger partial charge in [-0.2, -0.15) is 0 Å². The average Bonchev–Trinajstić information content (AvgIpc) is 2.34. The van der Waals surface area contributed by atoms with Crippen molar-refractivity contribution in [1.29, 1.82) is 0 Å². The molecule has 86 valence electrons. The van der Waals surface area contributed by atoms with Crippen LogP contribution in [0.5, 0.6) is 11.5 Å². The molecule has 1 aromatic carbocycles. The maximum absolute atomic E-state index is 5.24. The predicted molar refractivity (Wildman–Crippen MR) is 64.8 cm³/mol. The molecule has 0 aliphatic rings. The minimum Gasteiger partial charge on any atom is -0.493 e. The van der Waals surface area contributed by atoms with Gasteiger partial charge in [0.15, 0.2) is 11.5 Å². The van der Waals surface area contributed by atoms with Crippen LogP contribution in [0, 0.1) is 12.3 Å². The zero-order valence-electron chi connectivity index (χ0n) is 9.91. The Kier molecular flexibility index (Phi) is 4.68. The first-order chi connectivity index (χ1) is 7.72. The molecule has 0 spiro atoms. The lowest BCUT2D eigenvalue weighted by Gasteiger charge is -2.15. The SMILES string of the molecule is C#CCNC(C)c1ccc(OC)c(OC)c1. The molecule has 1 N–H and O–H groups in total. The maximum Gasteiger partial charge on any atom is 0.161 e. The van der Waals surface area contributed by atoms with Crippen LogP contribution >= 0.6 is 0 Å². The zero-order chi connectivity index (χ0) is 12.0. The summed E-state index contributed by atoms with van der Waals surface area (Å²) in [5.41, 5.74) is 1.12. The molecule has 0 amide bonds. The molecule has 0 heterocycles. The molecule has 3 heteroatoms. The van der Waals surface area contributed by atoms with Crippen LogP contribution < -0.4 is 14.8 Å². The number of hydrogen-bond donors (Lipinski definition) is 1. The summed E-state index contributed by atoms with van der Waals surface area (Å²) in [5.74, 6) is 4.02. The van der Waals surface area contributed by atoms with Crippen molar-refractivity contribution in [3.05, 3.63) is 23.8 Å². The van der Waals surface area contributed by atoms with Gasteiger partial charge in [0.1, 0.15) is 0 Å². The monoisotopic (exact) mass is 219 g/mol. The molecular weight excluding hydrogens is 202 g/mol. The zero-order valence-corrected chi connectivity index (χ0v) is 9.91. The summed E-state index contributed by atoms with van der Waals surface area (Å²) in [4.78, 5) is 0. The van der Waals surface area contributed by atoms with Crippen LogP contribution in [-0.4, -0.2) is 20.8 Å². The molecular formula is C13H17NO2. The van der Waals surface area contributed by atoms with E-state index in [0.29, 0.717) is 6.54 Å². The van der Waals surface area contributed by atoms with Crippen molar-refractivity contribution in [3.8, 4) is 23.8 Å². The summed E-state index contributed by atoms with van der Waals surface area (Å²) in [6.07, 6.45) is 5.20. The molecule has 0 fully saturated rings. The highest BCUT2D eigenvalue weighted by Gasteiger charge is 2.08. The van der Waals surface area contributed by atoms with E-state index in [-0.39, 0.29) is 6.04 Å². The molecule has 0 bridgehead atoms. The van der Waals surface area contributed by atoms with E-state index in [1.807, 2.05) is 18.2 Å². The summed E-state index contributed by atoms with van der Waals surface area (Å²) >= 11 is 0.